The topological polar surface area (TPSA) is 75.3 Å². The van der Waals surface area contributed by atoms with E-state index in [9.17, 15) is 0 Å². The van der Waals surface area contributed by atoms with E-state index in [2.05, 4.69) is 52.2 Å². The lowest BCUT2D eigenvalue weighted by Gasteiger charge is -2.44. The number of likely N-dealkylation sites (N-methyl/N-ethyl adjacent to an activating group) is 1. The van der Waals surface area contributed by atoms with E-state index >= 15 is 0 Å². The van der Waals surface area contributed by atoms with Crippen LogP contribution in [0.4, 0.5) is 10.9 Å². The zero-order chi connectivity index (χ0) is 18.8. The van der Waals surface area contributed by atoms with Crippen molar-refractivity contribution in [1.82, 2.24) is 29.2 Å². The van der Waals surface area contributed by atoms with E-state index in [-0.39, 0.29) is 5.41 Å². The van der Waals surface area contributed by atoms with Crippen LogP contribution in [0.2, 0.25) is 0 Å². The number of hydrogen-bond donors (Lipinski definition) is 0. The number of nitrogens with zero attached hydrogens (tertiary/aromatic N) is 8. The Hall–Kier alpha value is -2.29. The highest BCUT2D eigenvalue weighted by atomic mass is 32.1. The Morgan fingerprint density at radius 2 is 1.93 bits per heavy atom. The first kappa shape index (κ1) is 16.9. The highest BCUT2D eigenvalue weighted by Crippen LogP contribution is 2.40. The lowest BCUT2D eigenvalue weighted by atomic mass is 9.96. The molecular weight excluding hydrogens is 360 g/mol. The van der Waals surface area contributed by atoms with Crippen LogP contribution in [0.3, 0.4) is 0 Å². The third-order valence-electron chi connectivity index (χ3n) is 5.33. The molecule has 1 saturated heterocycles. The molecule has 3 aromatic heterocycles. The summed E-state index contributed by atoms with van der Waals surface area (Å²) < 4.78 is 6.40. The number of fused-ring (bicyclic) bond motifs is 1. The molecule has 2 fully saturated rings. The molecule has 1 saturated carbocycles. The first-order valence-corrected chi connectivity index (χ1v) is 10.2. The molecule has 142 valence electrons. The monoisotopic (exact) mass is 384 g/mol. The Labute approximate surface area is 162 Å². The fourth-order valence-electron chi connectivity index (χ4n) is 3.34. The Bertz CT molecular complexity index is 977. The second kappa shape index (κ2) is 5.85. The summed E-state index contributed by atoms with van der Waals surface area (Å²) in [5.41, 5.74) is 0.694. The fraction of sp³-hybridized carbons (Fsp3) is 0.611. The van der Waals surface area contributed by atoms with E-state index < -0.39 is 0 Å². The predicted molar refractivity (Wildman–Crippen MR) is 106 cm³/mol. The second-order valence-corrected chi connectivity index (χ2v) is 9.34. The minimum Gasteiger partial charge on any atom is -0.351 e. The van der Waals surface area contributed by atoms with Crippen molar-refractivity contribution in [3.8, 4) is 0 Å². The van der Waals surface area contributed by atoms with E-state index in [0.717, 1.165) is 41.3 Å². The highest BCUT2D eigenvalue weighted by Gasteiger charge is 2.34. The molecule has 0 spiro atoms. The maximum absolute atomic E-state index is 4.80. The molecule has 2 aliphatic rings. The van der Waals surface area contributed by atoms with Crippen molar-refractivity contribution in [2.24, 2.45) is 0 Å². The number of hydrogen-bond acceptors (Lipinski definition) is 8. The van der Waals surface area contributed by atoms with Crippen molar-refractivity contribution >= 4 is 28.1 Å². The van der Waals surface area contributed by atoms with Gasteiger partial charge in [-0.05, 0) is 25.0 Å². The average molecular weight is 385 g/mol. The normalized spacial score (nSPS) is 18.1. The van der Waals surface area contributed by atoms with Crippen LogP contribution in [-0.4, -0.2) is 55.3 Å². The molecular formula is C18H24N8S. The van der Waals surface area contributed by atoms with Gasteiger partial charge in [-0.15, -0.1) is 15.3 Å². The van der Waals surface area contributed by atoms with Crippen molar-refractivity contribution < 1.29 is 0 Å². The molecule has 0 atom stereocenters. The van der Waals surface area contributed by atoms with E-state index in [0.29, 0.717) is 12.0 Å². The van der Waals surface area contributed by atoms with Crippen molar-refractivity contribution in [2.75, 3.05) is 29.9 Å². The summed E-state index contributed by atoms with van der Waals surface area (Å²) in [4.78, 5) is 9.27. The third kappa shape index (κ3) is 2.93. The Morgan fingerprint density at radius 1 is 1.15 bits per heavy atom. The lowest BCUT2D eigenvalue weighted by Crippen LogP contribution is -2.59. The van der Waals surface area contributed by atoms with Gasteiger partial charge < -0.3 is 9.80 Å². The van der Waals surface area contributed by atoms with Crippen molar-refractivity contribution in [3.05, 3.63) is 23.8 Å². The predicted octanol–water partition coefficient (Wildman–Crippen LogP) is 2.48. The van der Waals surface area contributed by atoms with E-state index in [1.807, 2.05) is 16.6 Å². The molecule has 8 nitrogen and oxygen atoms in total. The zero-order valence-corrected chi connectivity index (χ0v) is 16.9. The summed E-state index contributed by atoms with van der Waals surface area (Å²) in [5, 5.41) is 14.4. The van der Waals surface area contributed by atoms with Crippen LogP contribution in [0.5, 0.6) is 0 Å². The Morgan fingerprint density at radius 3 is 2.63 bits per heavy atom. The molecule has 9 heteroatoms. The summed E-state index contributed by atoms with van der Waals surface area (Å²) in [6.07, 6.45) is 2.48. The van der Waals surface area contributed by atoms with Gasteiger partial charge in [-0.25, -0.2) is 4.98 Å². The number of anilines is 2. The van der Waals surface area contributed by atoms with Crippen LogP contribution in [0.1, 0.15) is 51.2 Å². The second-order valence-electron chi connectivity index (χ2n) is 8.61. The third-order valence-corrected chi connectivity index (χ3v) is 6.15. The van der Waals surface area contributed by atoms with Gasteiger partial charge in [0.05, 0.1) is 6.04 Å². The summed E-state index contributed by atoms with van der Waals surface area (Å²) in [5.74, 6) is 3.49. The maximum atomic E-state index is 4.80. The SMILES string of the molecule is CN(c1nc(C2CC2)ns1)C1CN(c2ccc3nnc(C(C)(C)C)n3n2)C1. The van der Waals surface area contributed by atoms with Crippen LogP contribution in [-0.2, 0) is 5.41 Å². The summed E-state index contributed by atoms with van der Waals surface area (Å²) >= 11 is 1.52. The molecule has 27 heavy (non-hydrogen) atoms. The summed E-state index contributed by atoms with van der Waals surface area (Å²) in [7, 11) is 2.12. The minimum atomic E-state index is -0.0974. The molecule has 0 N–H and O–H groups in total. The molecule has 0 radical (unpaired) electrons. The highest BCUT2D eigenvalue weighted by molar-refractivity contribution is 7.09. The molecule has 3 aromatic rings. The van der Waals surface area contributed by atoms with Crippen molar-refractivity contribution in [2.45, 2.75) is 51.0 Å². The van der Waals surface area contributed by atoms with Gasteiger partial charge in [-0.3, -0.25) is 0 Å². The molecule has 0 amide bonds. The summed E-state index contributed by atoms with van der Waals surface area (Å²) in [6.45, 7) is 8.25. The fourth-order valence-corrected chi connectivity index (χ4v) is 4.11. The quantitative estimate of drug-likeness (QED) is 0.684. The molecule has 1 aliphatic heterocycles. The Kier molecular flexibility index (Phi) is 3.65. The summed E-state index contributed by atoms with van der Waals surface area (Å²) in [6, 6.07) is 4.46. The smallest absolute Gasteiger partial charge is 0.205 e. The van der Waals surface area contributed by atoms with E-state index in [1.165, 1.54) is 24.4 Å². The van der Waals surface area contributed by atoms with Crippen LogP contribution < -0.4 is 9.80 Å². The van der Waals surface area contributed by atoms with Crippen LogP contribution in [0.25, 0.3) is 5.65 Å². The zero-order valence-electron chi connectivity index (χ0n) is 16.1. The van der Waals surface area contributed by atoms with Gasteiger partial charge in [0.25, 0.3) is 0 Å². The van der Waals surface area contributed by atoms with Gasteiger partial charge in [0.1, 0.15) is 11.6 Å². The first-order chi connectivity index (χ1) is 12.9. The molecule has 5 rings (SSSR count). The van der Waals surface area contributed by atoms with E-state index in [1.54, 1.807) is 0 Å². The van der Waals surface area contributed by atoms with Crippen LogP contribution in [0.15, 0.2) is 12.1 Å². The Balaban J connectivity index is 1.31. The van der Waals surface area contributed by atoms with Crippen LogP contribution >= 0.6 is 11.5 Å². The van der Waals surface area contributed by atoms with Crippen molar-refractivity contribution in [1.29, 1.82) is 0 Å². The molecule has 0 aromatic carbocycles. The van der Waals surface area contributed by atoms with Gasteiger partial charge in [0, 0.05) is 43.0 Å². The van der Waals surface area contributed by atoms with Gasteiger partial charge in [0.15, 0.2) is 11.5 Å². The molecule has 0 unspecified atom stereocenters. The van der Waals surface area contributed by atoms with Crippen LogP contribution in [0, 0.1) is 0 Å². The maximum Gasteiger partial charge on any atom is 0.205 e. The molecule has 4 heterocycles. The standard InChI is InChI=1S/C18H24N8S/c1-18(2,3)16-21-20-13-7-8-14(22-26(13)16)25-9-12(10-25)24(4)17-19-15(23-27-17)11-5-6-11/h7-8,11-12H,5-6,9-10H2,1-4H3. The van der Waals surface area contributed by atoms with Gasteiger partial charge in [-0.1, -0.05) is 20.8 Å². The number of rotatable bonds is 4. The van der Waals surface area contributed by atoms with Gasteiger partial charge in [-0.2, -0.15) is 8.89 Å². The van der Waals surface area contributed by atoms with Crippen molar-refractivity contribution in [3.63, 3.8) is 0 Å². The van der Waals surface area contributed by atoms with Gasteiger partial charge in [0.2, 0.25) is 5.13 Å². The van der Waals surface area contributed by atoms with E-state index in [4.69, 9.17) is 10.1 Å². The molecule has 1 aliphatic carbocycles. The largest absolute Gasteiger partial charge is 0.351 e. The average Bonchev–Trinajstić information content (AvgIpc) is 3.15. The lowest BCUT2D eigenvalue weighted by molar-refractivity contribution is 0.485. The van der Waals surface area contributed by atoms with Gasteiger partial charge >= 0.3 is 0 Å². The molecule has 0 bridgehead atoms. The first-order valence-electron chi connectivity index (χ1n) is 9.44. The number of aromatic nitrogens is 6. The minimum absolute atomic E-state index is 0.0974.